The Morgan fingerprint density at radius 2 is 2.19 bits per heavy atom. The van der Waals surface area contributed by atoms with Crippen LogP contribution in [0.3, 0.4) is 0 Å². The summed E-state index contributed by atoms with van der Waals surface area (Å²) < 4.78 is 0.906. The van der Waals surface area contributed by atoms with E-state index >= 15 is 0 Å². The second kappa shape index (κ2) is 6.66. The van der Waals surface area contributed by atoms with Crippen molar-refractivity contribution in [1.82, 2.24) is 5.32 Å². The third kappa shape index (κ3) is 3.38. The molecule has 1 heterocycles. The number of carbonyl (C=O) groups is 1. The van der Waals surface area contributed by atoms with E-state index in [4.69, 9.17) is 5.84 Å². The molecule has 1 aromatic carbocycles. The predicted molar refractivity (Wildman–Crippen MR) is 84.1 cm³/mol. The molecule has 2 aromatic rings. The van der Waals surface area contributed by atoms with E-state index in [2.05, 4.69) is 26.7 Å². The molecule has 0 aliphatic carbocycles. The van der Waals surface area contributed by atoms with E-state index in [0.29, 0.717) is 6.54 Å². The van der Waals surface area contributed by atoms with Gasteiger partial charge in [0.15, 0.2) is 0 Å². The van der Waals surface area contributed by atoms with E-state index in [0.717, 1.165) is 9.35 Å². The highest BCUT2D eigenvalue weighted by atomic mass is 79.9. The standard InChI is InChI=1S/C12H11BrN4O3S/c13-8-4-5-21-10(8)6-15-12(18)7-2-1-3-9(17(19)20)11(7)16-14/h1-5,16H,6,14H2,(H,15,18). The average Bonchev–Trinajstić information content (AvgIpc) is 2.89. The molecule has 0 saturated carbocycles. The van der Waals surface area contributed by atoms with Crippen molar-refractivity contribution in [2.75, 3.05) is 5.43 Å². The lowest BCUT2D eigenvalue weighted by atomic mass is 10.1. The number of nitrogens with one attached hydrogen (secondary N) is 2. The van der Waals surface area contributed by atoms with Gasteiger partial charge in [-0.25, -0.2) is 0 Å². The van der Waals surface area contributed by atoms with E-state index in [9.17, 15) is 14.9 Å². The summed E-state index contributed by atoms with van der Waals surface area (Å²) in [7, 11) is 0. The molecule has 0 radical (unpaired) electrons. The number of nitrogens with two attached hydrogens (primary N) is 1. The summed E-state index contributed by atoms with van der Waals surface area (Å²) in [5, 5.41) is 15.5. The Morgan fingerprint density at radius 3 is 2.76 bits per heavy atom. The summed E-state index contributed by atoms with van der Waals surface area (Å²) >= 11 is 4.86. The number of para-hydroxylation sites is 1. The van der Waals surface area contributed by atoms with Gasteiger partial charge in [0, 0.05) is 15.4 Å². The predicted octanol–water partition coefficient (Wildman–Crippen LogP) is 2.63. The molecule has 7 nitrogen and oxygen atoms in total. The molecule has 0 aliphatic rings. The zero-order valence-electron chi connectivity index (χ0n) is 10.6. The number of rotatable bonds is 5. The molecule has 1 amide bonds. The topological polar surface area (TPSA) is 110 Å². The number of nitrogens with zero attached hydrogens (tertiary/aromatic N) is 1. The lowest BCUT2D eigenvalue weighted by molar-refractivity contribution is -0.384. The minimum atomic E-state index is -0.595. The maximum atomic E-state index is 12.2. The Labute approximate surface area is 132 Å². The Bertz CT molecular complexity index is 689. The van der Waals surface area contributed by atoms with Crippen LogP contribution in [-0.2, 0) is 6.54 Å². The van der Waals surface area contributed by atoms with Crippen LogP contribution >= 0.6 is 27.3 Å². The molecule has 0 fully saturated rings. The average molecular weight is 371 g/mol. The minimum absolute atomic E-state index is 0.00903. The first-order chi connectivity index (χ1) is 10.0. The van der Waals surface area contributed by atoms with Crippen molar-refractivity contribution in [3.63, 3.8) is 0 Å². The number of thiophene rings is 1. The van der Waals surface area contributed by atoms with Gasteiger partial charge in [0.05, 0.1) is 17.0 Å². The van der Waals surface area contributed by atoms with Crippen molar-refractivity contribution in [3.8, 4) is 0 Å². The van der Waals surface area contributed by atoms with Gasteiger partial charge in [-0.2, -0.15) is 0 Å². The molecule has 0 unspecified atom stereocenters. The van der Waals surface area contributed by atoms with Crippen LogP contribution in [0.1, 0.15) is 15.2 Å². The Kier molecular flexibility index (Phi) is 4.89. The number of hydrazine groups is 1. The SMILES string of the molecule is NNc1c(C(=O)NCc2sccc2Br)cccc1[N+](=O)[O-]. The highest BCUT2D eigenvalue weighted by molar-refractivity contribution is 9.10. The van der Waals surface area contributed by atoms with E-state index in [-0.39, 0.29) is 16.9 Å². The molecule has 9 heteroatoms. The van der Waals surface area contributed by atoms with E-state index in [1.807, 2.05) is 11.4 Å². The van der Waals surface area contributed by atoms with Crippen molar-refractivity contribution in [1.29, 1.82) is 0 Å². The molecule has 4 N–H and O–H groups in total. The van der Waals surface area contributed by atoms with Crippen molar-refractivity contribution in [2.24, 2.45) is 5.84 Å². The van der Waals surface area contributed by atoms with Gasteiger partial charge < -0.3 is 10.7 Å². The zero-order valence-corrected chi connectivity index (χ0v) is 13.0. The number of halogens is 1. The summed E-state index contributed by atoms with van der Waals surface area (Å²) in [6, 6.07) is 6.07. The number of nitro groups is 1. The quantitative estimate of drug-likeness (QED) is 0.425. The molecule has 0 saturated heterocycles. The number of hydrogen-bond acceptors (Lipinski definition) is 6. The lowest BCUT2D eigenvalue weighted by Gasteiger charge is -2.09. The van der Waals surface area contributed by atoms with Gasteiger partial charge in [-0.1, -0.05) is 6.07 Å². The summed E-state index contributed by atoms with van der Waals surface area (Å²) in [6.45, 7) is 0.323. The third-order valence-corrected chi connectivity index (χ3v) is 4.66. The molecule has 0 bridgehead atoms. The van der Waals surface area contributed by atoms with Crippen LogP contribution in [-0.4, -0.2) is 10.8 Å². The fraction of sp³-hybridized carbons (Fsp3) is 0.0833. The number of nitrogen functional groups attached to an aromatic ring is 1. The van der Waals surface area contributed by atoms with Gasteiger partial charge in [0.2, 0.25) is 0 Å². The lowest BCUT2D eigenvalue weighted by Crippen LogP contribution is -2.25. The maximum Gasteiger partial charge on any atom is 0.294 e. The van der Waals surface area contributed by atoms with Crippen LogP contribution in [0, 0.1) is 10.1 Å². The highest BCUT2D eigenvalue weighted by Gasteiger charge is 2.20. The molecule has 0 atom stereocenters. The number of hydrogen-bond donors (Lipinski definition) is 3. The Hall–Kier alpha value is -1.97. The second-order valence-electron chi connectivity index (χ2n) is 3.98. The maximum absolute atomic E-state index is 12.2. The first kappa shape index (κ1) is 15.4. The molecule has 21 heavy (non-hydrogen) atoms. The molecular formula is C12H11BrN4O3S. The first-order valence-electron chi connectivity index (χ1n) is 5.78. The van der Waals surface area contributed by atoms with E-state index in [1.54, 1.807) is 0 Å². The summed E-state index contributed by atoms with van der Waals surface area (Å²) in [5.41, 5.74) is 2.09. The van der Waals surface area contributed by atoms with Gasteiger partial charge in [0.1, 0.15) is 5.69 Å². The monoisotopic (exact) mass is 370 g/mol. The number of carbonyl (C=O) groups excluding carboxylic acids is 1. The largest absolute Gasteiger partial charge is 0.347 e. The normalized spacial score (nSPS) is 10.2. The number of nitro benzene ring substituents is 1. The van der Waals surface area contributed by atoms with E-state index < -0.39 is 10.8 Å². The highest BCUT2D eigenvalue weighted by Crippen LogP contribution is 2.27. The van der Waals surface area contributed by atoms with Crippen LogP contribution < -0.4 is 16.6 Å². The van der Waals surface area contributed by atoms with Crippen molar-refractivity contribution in [2.45, 2.75) is 6.54 Å². The minimum Gasteiger partial charge on any atom is -0.347 e. The molecule has 110 valence electrons. The molecule has 1 aromatic heterocycles. The molecule has 2 rings (SSSR count). The third-order valence-electron chi connectivity index (χ3n) is 2.73. The van der Waals surface area contributed by atoms with Crippen LogP contribution in [0.2, 0.25) is 0 Å². The summed E-state index contributed by atoms with van der Waals surface area (Å²) in [4.78, 5) is 23.4. The van der Waals surface area contributed by atoms with Crippen molar-refractivity contribution < 1.29 is 9.72 Å². The first-order valence-corrected chi connectivity index (χ1v) is 7.46. The fourth-order valence-corrected chi connectivity index (χ4v) is 3.17. The number of anilines is 1. The number of benzene rings is 1. The van der Waals surface area contributed by atoms with Crippen LogP contribution in [0.4, 0.5) is 11.4 Å². The van der Waals surface area contributed by atoms with E-state index in [1.165, 1.54) is 29.5 Å². The number of amides is 1. The zero-order chi connectivity index (χ0) is 15.4. The smallest absolute Gasteiger partial charge is 0.294 e. The van der Waals surface area contributed by atoms with Gasteiger partial charge >= 0.3 is 0 Å². The van der Waals surface area contributed by atoms with Crippen molar-refractivity contribution in [3.05, 3.63) is 54.7 Å². The Morgan fingerprint density at radius 1 is 1.43 bits per heavy atom. The van der Waals surface area contributed by atoms with Gasteiger partial charge in [0.25, 0.3) is 11.6 Å². The van der Waals surface area contributed by atoms with Crippen molar-refractivity contribution >= 4 is 44.5 Å². The van der Waals surface area contributed by atoms with Gasteiger partial charge in [-0.15, -0.1) is 11.3 Å². The van der Waals surface area contributed by atoms with Gasteiger partial charge in [-0.05, 0) is 33.4 Å². The fourth-order valence-electron chi connectivity index (χ4n) is 1.74. The summed E-state index contributed by atoms with van der Waals surface area (Å²) in [5.74, 6) is 4.86. The molecule has 0 aliphatic heterocycles. The summed E-state index contributed by atoms with van der Waals surface area (Å²) in [6.07, 6.45) is 0. The molecular weight excluding hydrogens is 360 g/mol. The molecule has 0 spiro atoms. The second-order valence-corrected chi connectivity index (χ2v) is 5.83. The van der Waals surface area contributed by atoms with Crippen LogP contribution in [0.5, 0.6) is 0 Å². The van der Waals surface area contributed by atoms with Crippen LogP contribution in [0.25, 0.3) is 0 Å². The van der Waals surface area contributed by atoms with Crippen LogP contribution in [0.15, 0.2) is 34.1 Å². The Balaban J connectivity index is 2.21. The van der Waals surface area contributed by atoms with Gasteiger partial charge in [-0.3, -0.25) is 20.8 Å².